The second kappa shape index (κ2) is 4.59. The highest BCUT2D eigenvalue weighted by molar-refractivity contribution is 7.79. The third-order valence-electron chi connectivity index (χ3n) is 2.41. The van der Waals surface area contributed by atoms with Crippen molar-refractivity contribution in [3.63, 3.8) is 0 Å². The Morgan fingerprint density at radius 2 is 2.25 bits per heavy atom. The largest absolute Gasteiger partial charge is 0.464 e. The Bertz CT molecular complexity index is 435. The van der Waals surface area contributed by atoms with Crippen LogP contribution in [0.1, 0.15) is 40.8 Å². The Morgan fingerprint density at radius 1 is 1.56 bits per heavy atom. The van der Waals surface area contributed by atoms with E-state index in [1.807, 2.05) is 0 Å². The van der Waals surface area contributed by atoms with Crippen LogP contribution in [0.5, 0.6) is 0 Å². The van der Waals surface area contributed by atoms with E-state index >= 15 is 0 Å². The van der Waals surface area contributed by atoms with E-state index < -0.39 is 5.97 Å². The van der Waals surface area contributed by atoms with Crippen molar-refractivity contribution in [2.45, 2.75) is 24.5 Å². The SMILES string of the molecule is COC(=O)c1nc(C2CC2)nc(CS)c1Cl. The lowest BCUT2D eigenvalue weighted by atomic mass is 10.3. The highest BCUT2D eigenvalue weighted by Gasteiger charge is 2.29. The first-order chi connectivity index (χ1) is 7.67. The minimum atomic E-state index is -0.530. The average molecular weight is 259 g/mol. The van der Waals surface area contributed by atoms with Gasteiger partial charge in [-0.05, 0) is 12.8 Å². The van der Waals surface area contributed by atoms with Crippen molar-refractivity contribution in [3.05, 3.63) is 22.2 Å². The molecule has 1 saturated carbocycles. The summed E-state index contributed by atoms with van der Waals surface area (Å²) in [5.74, 6) is 0.885. The monoisotopic (exact) mass is 258 g/mol. The molecule has 1 aromatic heterocycles. The zero-order chi connectivity index (χ0) is 11.7. The van der Waals surface area contributed by atoms with Crippen LogP contribution in [-0.4, -0.2) is 23.0 Å². The second-order valence-electron chi connectivity index (χ2n) is 3.62. The molecule has 1 aromatic rings. The number of esters is 1. The fourth-order valence-electron chi connectivity index (χ4n) is 1.37. The van der Waals surface area contributed by atoms with Crippen molar-refractivity contribution in [1.29, 1.82) is 0 Å². The molecular weight excluding hydrogens is 248 g/mol. The Morgan fingerprint density at radius 3 is 2.75 bits per heavy atom. The number of aromatic nitrogens is 2. The number of hydrogen-bond acceptors (Lipinski definition) is 5. The summed E-state index contributed by atoms with van der Waals surface area (Å²) in [4.78, 5) is 19.9. The molecule has 0 bridgehead atoms. The summed E-state index contributed by atoms with van der Waals surface area (Å²) >= 11 is 10.1. The number of hydrogen-bond donors (Lipinski definition) is 1. The van der Waals surface area contributed by atoms with Gasteiger partial charge in [-0.3, -0.25) is 0 Å². The lowest BCUT2D eigenvalue weighted by molar-refractivity contribution is 0.0593. The van der Waals surface area contributed by atoms with Crippen molar-refractivity contribution in [2.24, 2.45) is 0 Å². The first-order valence-corrected chi connectivity index (χ1v) is 5.94. The van der Waals surface area contributed by atoms with Crippen LogP contribution in [-0.2, 0) is 10.5 Å². The van der Waals surface area contributed by atoms with E-state index in [1.54, 1.807) is 0 Å². The standard InChI is InChI=1S/C10H11ClN2O2S/c1-15-10(14)8-7(11)6(4-16)12-9(13-8)5-2-3-5/h5,16H,2-4H2,1H3. The predicted molar refractivity (Wildman–Crippen MR) is 63.0 cm³/mol. The van der Waals surface area contributed by atoms with Crippen LogP contribution in [0.2, 0.25) is 5.02 Å². The molecule has 2 rings (SSSR count). The summed E-state index contributed by atoms with van der Waals surface area (Å²) in [5.41, 5.74) is 0.729. The van der Waals surface area contributed by atoms with Crippen LogP contribution in [0.3, 0.4) is 0 Å². The number of halogens is 1. The average Bonchev–Trinajstić information content (AvgIpc) is 3.12. The summed E-state index contributed by atoms with van der Waals surface area (Å²) in [6.45, 7) is 0. The lowest BCUT2D eigenvalue weighted by Crippen LogP contribution is -2.11. The van der Waals surface area contributed by atoms with Crippen LogP contribution < -0.4 is 0 Å². The van der Waals surface area contributed by atoms with E-state index in [-0.39, 0.29) is 10.7 Å². The van der Waals surface area contributed by atoms with Crippen LogP contribution in [0.25, 0.3) is 0 Å². The van der Waals surface area contributed by atoms with Gasteiger partial charge >= 0.3 is 5.97 Å². The molecule has 6 heteroatoms. The Balaban J connectivity index is 2.48. The molecule has 0 spiro atoms. The summed E-state index contributed by atoms with van der Waals surface area (Å²) in [7, 11) is 1.30. The van der Waals surface area contributed by atoms with Crippen LogP contribution in [0, 0.1) is 0 Å². The molecule has 0 aliphatic heterocycles. The second-order valence-corrected chi connectivity index (χ2v) is 4.31. The van der Waals surface area contributed by atoms with Crippen molar-refractivity contribution in [3.8, 4) is 0 Å². The topological polar surface area (TPSA) is 52.1 Å². The molecule has 4 nitrogen and oxygen atoms in total. The zero-order valence-corrected chi connectivity index (χ0v) is 10.4. The third kappa shape index (κ3) is 2.15. The summed E-state index contributed by atoms with van der Waals surface area (Å²) in [6, 6.07) is 0. The predicted octanol–water partition coefficient (Wildman–Crippen LogP) is 2.22. The molecular formula is C10H11ClN2O2S. The zero-order valence-electron chi connectivity index (χ0n) is 8.73. The fourth-order valence-corrected chi connectivity index (χ4v) is 1.92. The highest BCUT2D eigenvalue weighted by atomic mass is 35.5. The van der Waals surface area contributed by atoms with Crippen LogP contribution in [0.15, 0.2) is 0 Å². The molecule has 1 aliphatic carbocycles. The Labute approximate surface area is 104 Å². The van der Waals surface area contributed by atoms with Crippen LogP contribution in [0.4, 0.5) is 0 Å². The molecule has 1 heterocycles. The Hall–Kier alpha value is -0.810. The van der Waals surface area contributed by atoms with E-state index in [0.29, 0.717) is 23.2 Å². The van der Waals surface area contributed by atoms with Gasteiger partial charge in [0.2, 0.25) is 0 Å². The molecule has 0 saturated heterocycles. The molecule has 0 atom stereocenters. The maximum Gasteiger partial charge on any atom is 0.358 e. The quantitative estimate of drug-likeness (QED) is 0.667. The molecule has 16 heavy (non-hydrogen) atoms. The number of carbonyl (C=O) groups excluding carboxylic acids is 1. The van der Waals surface area contributed by atoms with Crippen molar-refractivity contribution < 1.29 is 9.53 Å². The Kier molecular flexibility index (Phi) is 3.35. The first kappa shape index (κ1) is 11.7. The van der Waals surface area contributed by atoms with Crippen molar-refractivity contribution in [2.75, 3.05) is 7.11 Å². The van der Waals surface area contributed by atoms with Crippen molar-refractivity contribution >= 4 is 30.2 Å². The number of ether oxygens (including phenoxy) is 1. The number of rotatable bonds is 3. The van der Waals surface area contributed by atoms with Gasteiger partial charge in [-0.1, -0.05) is 11.6 Å². The number of carbonyl (C=O) groups is 1. The van der Waals surface area contributed by atoms with Crippen LogP contribution >= 0.6 is 24.2 Å². The van der Waals surface area contributed by atoms with E-state index in [2.05, 4.69) is 27.3 Å². The van der Waals surface area contributed by atoms with E-state index in [4.69, 9.17) is 11.6 Å². The van der Waals surface area contributed by atoms with E-state index in [1.165, 1.54) is 7.11 Å². The molecule has 0 aromatic carbocycles. The van der Waals surface area contributed by atoms with Gasteiger partial charge < -0.3 is 4.74 Å². The highest BCUT2D eigenvalue weighted by Crippen LogP contribution is 2.39. The van der Waals surface area contributed by atoms with Gasteiger partial charge in [-0.25, -0.2) is 14.8 Å². The van der Waals surface area contributed by atoms with Gasteiger partial charge in [0.25, 0.3) is 0 Å². The normalized spacial score (nSPS) is 14.9. The number of methoxy groups -OCH3 is 1. The van der Waals surface area contributed by atoms with Gasteiger partial charge in [0.15, 0.2) is 5.69 Å². The molecule has 0 radical (unpaired) electrons. The lowest BCUT2D eigenvalue weighted by Gasteiger charge is -2.07. The van der Waals surface area contributed by atoms with E-state index in [0.717, 1.165) is 12.8 Å². The first-order valence-electron chi connectivity index (χ1n) is 4.92. The van der Waals surface area contributed by atoms with Gasteiger partial charge in [-0.2, -0.15) is 12.6 Å². The molecule has 1 fully saturated rings. The molecule has 0 N–H and O–H groups in total. The number of nitrogens with zero attached hydrogens (tertiary/aromatic N) is 2. The van der Waals surface area contributed by atoms with Gasteiger partial charge in [0, 0.05) is 11.7 Å². The minimum absolute atomic E-state index is 0.144. The maximum atomic E-state index is 11.5. The molecule has 1 aliphatic rings. The van der Waals surface area contributed by atoms with Crippen molar-refractivity contribution in [1.82, 2.24) is 9.97 Å². The summed E-state index contributed by atoms with van der Waals surface area (Å²) < 4.78 is 4.63. The third-order valence-corrected chi connectivity index (χ3v) is 3.10. The van der Waals surface area contributed by atoms with Gasteiger partial charge in [0.05, 0.1) is 17.8 Å². The summed E-state index contributed by atoms with van der Waals surface area (Å²) in [5, 5.41) is 0.242. The molecule has 86 valence electrons. The fraction of sp³-hybridized carbons (Fsp3) is 0.500. The van der Waals surface area contributed by atoms with E-state index in [9.17, 15) is 4.79 Å². The molecule has 0 amide bonds. The minimum Gasteiger partial charge on any atom is -0.464 e. The molecule has 0 unspecified atom stereocenters. The number of thiol groups is 1. The summed E-state index contributed by atoms with van der Waals surface area (Å²) in [6.07, 6.45) is 2.13. The van der Waals surface area contributed by atoms with Gasteiger partial charge in [-0.15, -0.1) is 0 Å². The maximum absolute atomic E-state index is 11.5. The van der Waals surface area contributed by atoms with Gasteiger partial charge in [0.1, 0.15) is 5.82 Å². The smallest absolute Gasteiger partial charge is 0.358 e.